The maximum Gasteiger partial charge on any atom is 0.178 e. The normalized spacial score (nSPS) is 13.5. The lowest BCUT2D eigenvalue weighted by Crippen LogP contribution is -2.06. The highest BCUT2D eigenvalue weighted by Gasteiger charge is 2.13. The third-order valence-electron chi connectivity index (χ3n) is 2.81. The minimum absolute atomic E-state index is 0.225. The molecule has 102 valence electrons. The molecule has 0 aliphatic carbocycles. The van der Waals surface area contributed by atoms with Crippen LogP contribution in [0, 0.1) is 0 Å². The fourth-order valence-electron chi connectivity index (χ4n) is 1.89. The molecular weight excluding hydrogens is 312 g/mol. The summed E-state index contributed by atoms with van der Waals surface area (Å²) >= 11 is 3.64. The van der Waals surface area contributed by atoms with Crippen molar-refractivity contribution in [3.63, 3.8) is 0 Å². The van der Waals surface area contributed by atoms with Crippen LogP contribution >= 0.6 is 15.9 Å². The van der Waals surface area contributed by atoms with Crippen molar-refractivity contribution >= 4 is 25.8 Å². The molecule has 0 saturated carbocycles. The average Bonchev–Trinajstić information content (AvgIpc) is 2.30. The smallest absolute Gasteiger partial charge is 0.178 e. The van der Waals surface area contributed by atoms with Gasteiger partial charge >= 0.3 is 0 Å². The zero-order valence-electron chi connectivity index (χ0n) is 11.0. The molecule has 1 aromatic carbocycles. The molecule has 1 unspecified atom stereocenters. The highest BCUT2D eigenvalue weighted by Crippen LogP contribution is 2.18. The van der Waals surface area contributed by atoms with Gasteiger partial charge in [-0.05, 0) is 37.0 Å². The van der Waals surface area contributed by atoms with Crippen LogP contribution in [0.15, 0.2) is 29.2 Å². The summed E-state index contributed by atoms with van der Waals surface area (Å²) in [5, 5.41) is 0. The summed E-state index contributed by atoms with van der Waals surface area (Å²) in [5.74, 6) is 0.225. The van der Waals surface area contributed by atoms with Gasteiger partial charge in [-0.15, -0.1) is 0 Å². The van der Waals surface area contributed by atoms with Crippen molar-refractivity contribution in [1.29, 1.82) is 0 Å². The topological polar surface area (TPSA) is 34.1 Å². The molecular formula is C14H21BrO2S. The van der Waals surface area contributed by atoms with Gasteiger partial charge < -0.3 is 0 Å². The Balaban J connectivity index is 2.74. The summed E-state index contributed by atoms with van der Waals surface area (Å²) in [7, 11) is -3.08. The highest BCUT2D eigenvalue weighted by molar-refractivity contribution is 9.09. The number of benzene rings is 1. The van der Waals surface area contributed by atoms with E-state index in [9.17, 15) is 8.42 Å². The van der Waals surface area contributed by atoms with E-state index < -0.39 is 9.84 Å². The Morgan fingerprint density at radius 1 is 1.11 bits per heavy atom. The second-order valence-corrected chi connectivity index (χ2v) is 7.96. The van der Waals surface area contributed by atoms with Gasteiger partial charge in [-0.25, -0.2) is 8.42 Å². The lowest BCUT2D eigenvalue weighted by atomic mass is 10.1. The minimum Gasteiger partial charge on any atom is -0.224 e. The highest BCUT2D eigenvalue weighted by atomic mass is 79.9. The molecule has 0 heterocycles. The van der Waals surface area contributed by atoms with E-state index in [0.29, 0.717) is 16.1 Å². The minimum atomic E-state index is -3.08. The lowest BCUT2D eigenvalue weighted by molar-refractivity contribution is 0.594. The summed E-state index contributed by atoms with van der Waals surface area (Å²) < 4.78 is 23.7. The molecule has 0 aromatic heterocycles. The standard InChI is InChI=1S/C14H21BrO2S/c1-3-5-13(15)11-12-6-8-14(9-7-12)18(16,17)10-4-2/h6-9,13H,3-5,10-11H2,1-2H3. The van der Waals surface area contributed by atoms with E-state index in [1.165, 1.54) is 5.56 Å². The van der Waals surface area contributed by atoms with Gasteiger partial charge in [0.15, 0.2) is 9.84 Å². The maximum absolute atomic E-state index is 11.9. The van der Waals surface area contributed by atoms with Gasteiger partial charge in [0.1, 0.15) is 0 Å². The number of sulfone groups is 1. The van der Waals surface area contributed by atoms with Crippen molar-refractivity contribution in [3.8, 4) is 0 Å². The van der Waals surface area contributed by atoms with Gasteiger partial charge in [0.2, 0.25) is 0 Å². The molecule has 0 saturated heterocycles. The molecule has 1 aromatic rings. The van der Waals surface area contributed by atoms with E-state index in [2.05, 4.69) is 22.9 Å². The van der Waals surface area contributed by atoms with Crippen LogP contribution in [0.2, 0.25) is 0 Å². The molecule has 0 fully saturated rings. The summed E-state index contributed by atoms with van der Waals surface area (Å²) in [6, 6.07) is 7.30. The Kier molecular flexibility index (Phi) is 6.36. The summed E-state index contributed by atoms with van der Waals surface area (Å²) in [5.41, 5.74) is 1.18. The van der Waals surface area contributed by atoms with Gasteiger partial charge in [-0.2, -0.15) is 0 Å². The van der Waals surface area contributed by atoms with Gasteiger partial charge in [-0.1, -0.05) is 48.3 Å². The first kappa shape index (κ1) is 15.7. The fourth-order valence-corrected chi connectivity index (χ4v) is 4.05. The van der Waals surface area contributed by atoms with Crippen LogP contribution in [0.5, 0.6) is 0 Å². The van der Waals surface area contributed by atoms with Gasteiger partial charge in [-0.3, -0.25) is 0 Å². The predicted molar refractivity (Wildman–Crippen MR) is 80.1 cm³/mol. The van der Waals surface area contributed by atoms with E-state index in [4.69, 9.17) is 0 Å². The van der Waals surface area contributed by atoms with Crippen LogP contribution in [-0.4, -0.2) is 19.0 Å². The first-order valence-corrected chi connectivity index (χ1v) is 9.02. The quantitative estimate of drug-likeness (QED) is 0.708. The van der Waals surface area contributed by atoms with Crippen molar-refractivity contribution in [1.82, 2.24) is 0 Å². The van der Waals surface area contributed by atoms with Crippen molar-refractivity contribution < 1.29 is 8.42 Å². The van der Waals surface area contributed by atoms with E-state index in [0.717, 1.165) is 19.3 Å². The molecule has 18 heavy (non-hydrogen) atoms. The van der Waals surface area contributed by atoms with E-state index in [1.807, 2.05) is 19.1 Å². The zero-order chi connectivity index (χ0) is 13.6. The van der Waals surface area contributed by atoms with Crippen LogP contribution < -0.4 is 0 Å². The van der Waals surface area contributed by atoms with Gasteiger partial charge in [0.05, 0.1) is 10.6 Å². The molecule has 0 N–H and O–H groups in total. The van der Waals surface area contributed by atoms with Crippen LogP contribution in [0.4, 0.5) is 0 Å². The molecule has 4 heteroatoms. The third kappa shape index (κ3) is 4.73. The lowest BCUT2D eigenvalue weighted by Gasteiger charge is -2.09. The molecule has 0 amide bonds. The van der Waals surface area contributed by atoms with E-state index in [1.54, 1.807) is 12.1 Å². The Morgan fingerprint density at radius 3 is 2.22 bits per heavy atom. The summed E-state index contributed by atoms with van der Waals surface area (Å²) in [6.07, 6.45) is 3.89. The maximum atomic E-state index is 11.9. The number of hydrogen-bond acceptors (Lipinski definition) is 2. The second-order valence-electron chi connectivity index (χ2n) is 4.55. The summed E-state index contributed by atoms with van der Waals surface area (Å²) in [4.78, 5) is 0.912. The van der Waals surface area contributed by atoms with Crippen molar-refractivity contribution in [3.05, 3.63) is 29.8 Å². The Morgan fingerprint density at radius 2 is 1.72 bits per heavy atom. The second kappa shape index (κ2) is 7.29. The number of alkyl halides is 1. The Bertz CT molecular complexity index is 451. The SMILES string of the molecule is CCCC(Br)Cc1ccc(S(=O)(=O)CCC)cc1. The molecule has 0 radical (unpaired) electrons. The average molecular weight is 333 g/mol. The molecule has 0 aliphatic heterocycles. The molecule has 0 spiro atoms. The molecule has 1 atom stereocenters. The molecule has 1 rings (SSSR count). The van der Waals surface area contributed by atoms with Gasteiger partial charge in [0.25, 0.3) is 0 Å². The van der Waals surface area contributed by atoms with E-state index >= 15 is 0 Å². The van der Waals surface area contributed by atoms with Gasteiger partial charge in [0, 0.05) is 4.83 Å². The van der Waals surface area contributed by atoms with Crippen molar-refractivity contribution in [2.75, 3.05) is 5.75 Å². The van der Waals surface area contributed by atoms with E-state index in [-0.39, 0.29) is 5.75 Å². The Labute approximate surface area is 119 Å². The number of hydrogen-bond donors (Lipinski definition) is 0. The van der Waals surface area contributed by atoms with Crippen molar-refractivity contribution in [2.24, 2.45) is 0 Å². The number of rotatable bonds is 7. The Hall–Kier alpha value is -0.350. The van der Waals surface area contributed by atoms with Crippen LogP contribution in [0.1, 0.15) is 38.7 Å². The van der Waals surface area contributed by atoms with Crippen molar-refractivity contribution in [2.45, 2.75) is 49.3 Å². The first-order chi connectivity index (χ1) is 8.49. The fraction of sp³-hybridized carbons (Fsp3) is 0.571. The molecule has 0 bridgehead atoms. The predicted octanol–water partition coefficient (Wildman–Crippen LogP) is 3.98. The monoisotopic (exact) mass is 332 g/mol. The van der Waals surface area contributed by atoms with Crippen LogP contribution in [0.25, 0.3) is 0 Å². The molecule has 0 aliphatic rings. The summed E-state index contributed by atoms with van der Waals surface area (Å²) in [6.45, 7) is 4.04. The zero-order valence-corrected chi connectivity index (χ0v) is 13.4. The van der Waals surface area contributed by atoms with Crippen LogP contribution in [-0.2, 0) is 16.3 Å². The number of halogens is 1. The first-order valence-electron chi connectivity index (χ1n) is 6.45. The van der Waals surface area contributed by atoms with Crippen LogP contribution in [0.3, 0.4) is 0 Å². The third-order valence-corrected chi connectivity index (χ3v) is 5.53. The largest absolute Gasteiger partial charge is 0.224 e. The molecule has 2 nitrogen and oxygen atoms in total.